The van der Waals surface area contributed by atoms with Crippen LogP contribution in [0.3, 0.4) is 0 Å². The largest absolute Gasteiger partial charge is 0.496 e. The molecule has 3 nitrogen and oxygen atoms in total. The zero-order chi connectivity index (χ0) is 14.1. The van der Waals surface area contributed by atoms with E-state index in [1.54, 1.807) is 25.3 Å². The molecule has 3 rings (SSSR count). The molecule has 0 fully saturated rings. The van der Waals surface area contributed by atoms with Crippen molar-refractivity contribution in [3.05, 3.63) is 58.6 Å². The van der Waals surface area contributed by atoms with Gasteiger partial charge in [0.15, 0.2) is 5.78 Å². The number of rotatable bonds is 2. The summed E-state index contributed by atoms with van der Waals surface area (Å²) in [5.41, 5.74) is 2.79. The van der Waals surface area contributed by atoms with Crippen molar-refractivity contribution in [1.29, 1.82) is 0 Å². The smallest absolute Gasteiger partial charge is 0.171 e. The van der Waals surface area contributed by atoms with Crippen LogP contribution >= 0.6 is 11.6 Å². The van der Waals surface area contributed by atoms with E-state index in [9.17, 15) is 4.79 Å². The van der Waals surface area contributed by atoms with E-state index in [2.05, 4.69) is 4.99 Å². The van der Waals surface area contributed by atoms with Gasteiger partial charge in [-0.15, -0.1) is 0 Å². The number of benzene rings is 2. The number of nitrogens with zero attached hydrogens (tertiary/aromatic N) is 1. The van der Waals surface area contributed by atoms with Gasteiger partial charge in [0.05, 0.1) is 24.9 Å². The number of carbonyl (C=O) groups is 1. The highest BCUT2D eigenvalue weighted by molar-refractivity contribution is 6.31. The maximum Gasteiger partial charge on any atom is 0.171 e. The number of Topliss-reactive ketones (excluding diaryl/α,β-unsaturated/α-hetero) is 1. The molecule has 4 heteroatoms. The summed E-state index contributed by atoms with van der Waals surface area (Å²) < 4.78 is 5.33. The molecule has 0 saturated heterocycles. The van der Waals surface area contributed by atoms with Crippen LogP contribution in [-0.4, -0.2) is 18.6 Å². The number of hydrogen-bond donors (Lipinski definition) is 0. The monoisotopic (exact) mass is 285 g/mol. The van der Waals surface area contributed by atoms with Crippen molar-refractivity contribution in [1.82, 2.24) is 0 Å². The Hall–Kier alpha value is -2.13. The van der Waals surface area contributed by atoms with Crippen LogP contribution < -0.4 is 4.74 Å². The number of fused-ring (bicyclic) bond motifs is 1. The van der Waals surface area contributed by atoms with Crippen LogP contribution in [-0.2, 0) is 0 Å². The van der Waals surface area contributed by atoms with Gasteiger partial charge in [0.2, 0.25) is 0 Å². The SMILES string of the molecule is COc1ccccc1C1=Nc2cc(Cl)ccc2C(=O)C1. The second kappa shape index (κ2) is 5.10. The zero-order valence-corrected chi connectivity index (χ0v) is 11.6. The first-order chi connectivity index (χ1) is 9.69. The topological polar surface area (TPSA) is 38.7 Å². The molecule has 2 aromatic carbocycles. The minimum Gasteiger partial charge on any atom is -0.496 e. The molecule has 0 aromatic heterocycles. The maximum absolute atomic E-state index is 12.2. The number of halogens is 1. The fourth-order valence-electron chi connectivity index (χ4n) is 2.30. The number of ether oxygens (including phenoxy) is 1. The molecular formula is C16H12ClNO2. The Kier molecular flexibility index (Phi) is 3.28. The van der Waals surface area contributed by atoms with Crippen LogP contribution in [0.25, 0.3) is 0 Å². The van der Waals surface area contributed by atoms with Crippen molar-refractivity contribution in [2.75, 3.05) is 7.11 Å². The predicted octanol–water partition coefficient (Wildman–Crippen LogP) is 4.06. The quantitative estimate of drug-likeness (QED) is 0.835. The third-order valence-electron chi connectivity index (χ3n) is 3.26. The number of aliphatic imine (C=N–C) groups is 1. The number of ketones is 1. The Labute approximate surface area is 121 Å². The molecule has 0 saturated carbocycles. The van der Waals surface area contributed by atoms with E-state index in [1.165, 1.54) is 0 Å². The molecule has 0 atom stereocenters. The van der Waals surface area contributed by atoms with Crippen LogP contribution in [0.15, 0.2) is 47.5 Å². The number of carbonyl (C=O) groups excluding carboxylic acids is 1. The summed E-state index contributed by atoms with van der Waals surface area (Å²) in [5, 5.41) is 0.571. The summed E-state index contributed by atoms with van der Waals surface area (Å²) in [6.45, 7) is 0. The first kappa shape index (κ1) is 12.9. The van der Waals surface area contributed by atoms with E-state index in [-0.39, 0.29) is 12.2 Å². The summed E-state index contributed by atoms with van der Waals surface area (Å²) in [6.07, 6.45) is 0.273. The fourth-order valence-corrected chi connectivity index (χ4v) is 2.47. The van der Waals surface area contributed by atoms with Gasteiger partial charge < -0.3 is 4.74 Å². The summed E-state index contributed by atoms with van der Waals surface area (Å²) in [4.78, 5) is 16.8. The molecule has 0 radical (unpaired) electrons. The lowest BCUT2D eigenvalue weighted by atomic mass is 9.96. The van der Waals surface area contributed by atoms with Crippen molar-refractivity contribution in [2.24, 2.45) is 4.99 Å². The zero-order valence-electron chi connectivity index (χ0n) is 10.9. The summed E-state index contributed by atoms with van der Waals surface area (Å²) in [6, 6.07) is 12.7. The third-order valence-corrected chi connectivity index (χ3v) is 3.50. The first-order valence-corrected chi connectivity index (χ1v) is 6.60. The molecule has 0 aliphatic carbocycles. The summed E-state index contributed by atoms with van der Waals surface area (Å²) in [7, 11) is 1.61. The predicted molar refractivity (Wildman–Crippen MR) is 79.6 cm³/mol. The molecular weight excluding hydrogens is 274 g/mol. The van der Waals surface area contributed by atoms with Crippen molar-refractivity contribution in [3.63, 3.8) is 0 Å². The molecule has 0 bridgehead atoms. The second-order valence-corrected chi connectivity index (χ2v) is 4.96. The maximum atomic E-state index is 12.2. The first-order valence-electron chi connectivity index (χ1n) is 6.23. The van der Waals surface area contributed by atoms with Gasteiger partial charge in [-0.2, -0.15) is 0 Å². The van der Waals surface area contributed by atoms with Crippen molar-refractivity contribution < 1.29 is 9.53 Å². The Morgan fingerprint density at radius 3 is 2.75 bits per heavy atom. The van der Waals surface area contributed by atoms with Crippen molar-refractivity contribution in [3.8, 4) is 5.75 Å². The van der Waals surface area contributed by atoms with Crippen LogP contribution in [0.2, 0.25) is 5.02 Å². The van der Waals surface area contributed by atoms with E-state index in [0.717, 1.165) is 5.56 Å². The van der Waals surface area contributed by atoms with E-state index >= 15 is 0 Å². The Bertz CT molecular complexity index is 722. The van der Waals surface area contributed by atoms with E-state index in [1.807, 2.05) is 24.3 Å². The molecule has 0 amide bonds. The van der Waals surface area contributed by atoms with Gasteiger partial charge in [-0.3, -0.25) is 9.79 Å². The Morgan fingerprint density at radius 1 is 1.15 bits per heavy atom. The standard InChI is InChI=1S/C16H12ClNO2/c1-20-16-5-3-2-4-12(16)14-9-15(19)11-7-6-10(17)8-13(11)18-14/h2-8H,9H2,1H3. The van der Waals surface area contributed by atoms with Crippen LogP contribution in [0.4, 0.5) is 5.69 Å². The van der Waals surface area contributed by atoms with Gasteiger partial charge in [0.1, 0.15) is 5.75 Å². The normalized spacial score (nSPS) is 13.7. The highest BCUT2D eigenvalue weighted by atomic mass is 35.5. The average molecular weight is 286 g/mol. The van der Waals surface area contributed by atoms with E-state index < -0.39 is 0 Å². The van der Waals surface area contributed by atoms with Gasteiger partial charge in [0, 0.05) is 16.1 Å². The lowest BCUT2D eigenvalue weighted by molar-refractivity contribution is 0.1000. The minimum atomic E-state index is 0.0487. The Morgan fingerprint density at radius 2 is 1.95 bits per heavy atom. The van der Waals surface area contributed by atoms with Gasteiger partial charge >= 0.3 is 0 Å². The number of para-hydroxylation sites is 1. The lowest BCUT2D eigenvalue weighted by Crippen LogP contribution is -2.15. The van der Waals surface area contributed by atoms with Gasteiger partial charge in [0.25, 0.3) is 0 Å². The molecule has 20 heavy (non-hydrogen) atoms. The van der Waals surface area contributed by atoms with E-state index in [0.29, 0.717) is 27.7 Å². The van der Waals surface area contributed by atoms with Crippen molar-refractivity contribution in [2.45, 2.75) is 6.42 Å². The molecule has 2 aromatic rings. The average Bonchev–Trinajstić information content (AvgIpc) is 2.46. The Balaban J connectivity index is 2.14. The number of methoxy groups -OCH3 is 1. The van der Waals surface area contributed by atoms with Gasteiger partial charge in [-0.25, -0.2) is 0 Å². The minimum absolute atomic E-state index is 0.0487. The molecule has 1 aliphatic heterocycles. The molecule has 0 unspecified atom stereocenters. The van der Waals surface area contributed by atoms with E-state index in [4.69, 9.17) is 16.3 Å². The molecule has 1 aliphatic rings. The van der Waals surface area contributed by atoms with Crippen molar-refractivity contribution >= 4 is 28.8 Å². The van der Waals surface area contributed by atoms with Crippen LogP contribution in [0.1, 0.15) is 22.3 Å². The summed E-state index contributed by atoms with van der Waals surface area (Å²) >= 11 is 5.97. The second-order valence-electron chi connectivity index (χ2n) is 4.52. The third kappa shape index (κ3) is 2.21. The van der Waals surface area contributed by atoms with Crippen LogP contribution in [0, 0.1) is 0 Å². The lowest BCUT2D eigenvalue weighted by Gasteiger charge is -2.16. The molecule has 100 valence electrons. The fraction of sp³-hybridized carbons (Fsp3) is 0.125. The molecule has 0 spiro atoms. The molecule has 1 heterocycles. The van der Waals surface area contributed by atoms with Crippen LogP contribution in [0.5, 0.6) is 5.75 Å². The summed E-state index contributed by atoms with van der Waals surface area (Å²) in [5.74, 6) is 0.761. The van der Waals surface area contributed by atoms with Gasteiger partial charge in [-0.1, -0.05) is 23.7 Å². The number of hydrogen-bond acceptors (Lipinski definition) is 3. The molecule has 0 N–H and O–H groups in total. The highest BCUT2D eigenvalue weighted by Gasteiger charge is 2.22. The highest BCUT2D eigenvalue weighted by Crippen LogP contribution is 2.32. The van der Waals surface area contributed by atoms with Gasteiger partial charge in [-0.05, 0) is 30.3 Å².